The molecule has 1 N–H and O–H groups in total. The van der Waals surface area contributed by atoms with Crippen molar-refractivity contribution in [3.05, 3.63) is 54.2 Å². The van der Waals surface area contributed by atoms with Gasteiger partial charge >= 0.3 is 0 Å². The topological polar surface area (TPSA) is 71.8 Å². The van der Waals surface area contributed by atoms with Crippen LogP contribution in [0.25, 0.3) is 0 Å². The number of ketones is 1. The average Bonchev–Trinajstić information content (AvgIpc) is 3.13. The number of benzene rings is 1. The van der Waals surface area contributed by atoms with Gasteiger partial charge in [0.05, 0.1) is 31.7 Å². The molecular weight excluding hydrogens is 327 g/mol. The summed E-state index contributed by atoms with van der Waals surface area (Å²) in [4.78, 5) is 26.3. The highest BCUT2D eigenvalue weighted by Crippen LogP contribution is 2.16. The summed E-state index contributed by atoms with van der Waals surface area (Å²) >= 11 is 0. The standard InChI is InChI=1S/C18H19FN2O4/c19-14-4-1-2-5-15(14)20-18(23)11-21-7-9-24-12-13(21)10-16(22)17-6-3-8-25-17/h1-6,8,13H,7,9-12H2,(H,20,23). The number of nitrogens with zero attached hydrogens (tertiary/aromatic N) is 1. The number of carbonyl (C=O) groups is 2. The number of hydrogen-bond acceptors (Lipinski definition) is 5. The molecule has 1 fully saturated rings. The zero-order chi connectivity index (χ0) is 17.6. The number of hydrogen-bond donors (Lipinski definition) is 1. The molecule has 0 bridgehead atoms. The number of Topliss-reactive ketones (excluding diaryl/α,β-unsaturated/α-hetero) is 1. The van der Waals surface area contributed by atoms with Crippen LogP contribution in [0.5, 0.6) is 0 Å². The van der Waals surface area contributed by atoms with E-state index in [1.807, 2.05) is 4.90 Å². The molecule has 3 rings (SSSR count). The summed E-state index contributed by atoms with van der Waals surface area (Å²) in [7, 11) is 0. The molecule has 1 atom stereocenters. The second-order valence-corrected chi connectivity index (χ2v) is 5.83. The molecule has 1 aliphatic heterocycles. The van der Waals surface area contributed by atoms with Gasteiger partial charge in [-0.2, -0.15) is 0 Å². The first-order chi connectivity index (χ1) is 12.1. The van der Waals surface area contributed by atoms with Crippen molar-refractivity contribution in [2.45, 2.75) is 12.5 Å². The minimum Gasteiger partial charge on any atom is -0.461 e. The van der Waals surface area contributed by atoms with Crippen molar-refractivity contribution in [3.8, 4) is 0 Å². The van der Waals surface area contributed by atoms with Crippen LogP contribution in [0.3, 0.4) is 0 Å². The molecule has 1 aromatic heterocycles. The zero-order valence-electron chi connectivity index (χ0n) is 13.6. The second-order valence-electron chi connectivity index (χ2n) is 5.83. The predicted molar refractivity (Wildman–Crippen MR) is 88.9 cm³/mol. The van der Waals surface area contributed by atoms with Gasteiger partial charge in [-0.25, -0.2) is 4.39 Å². The third kappa shape index (κ3) is 4.52. The molecule has 1 unspecified atom stereocenters. The molecular formula is C18H19FN2O4. The van der Waals surface area contributed by atoms with Crippen LogP contribution in [0.4, 0.5) is 10.1 Å². The molecule has 1 aliphatic rings. The fourth-order valence-electron chi connectivity index (χ4n) is 2.77. The van der Waals surface area contributed by atoms with Crippen molar-refractivity contribution >= 4 is 17.4 Å². The van der Waals surface area contributed by atoms with Gasteiger partial charge in [-0.15, -0.1) is 0 Å². The number of morpholine rings is 1. The van der Waals surface area contributed by atoms with Crippen LogP contribution in [0.2, 0.25) is 0 Å². The van der Waals surface area contributed by atoms with E-state index in [9.17, 15) is 14.0 Å². The van der Waals surface area contributed by atoms with Crippen LogP contribution in [-0.4, -0.2) is 48.9 Å². The monoisotopic (exact) mass is 346 g/mol. The summed E-state index contributed by atoms with van der Waals surface area (Å²) < 4.78 is 24.2. The van der Waals surface area contributed by atoms with Gasteiger partial charge in [-0.1, -0.05) is 12.1 Å². The zero-order valence-corrected chi connectivity index (χ0v) is 13.6. The van der Waals surface area contributed by atoms with E-state index in [0.717, 1.165) is 0 Å². The third-order valence-corrected chi connectivity index (χ3v) is 4.06. The summed E-state index contributed by atoms with van der Waals surface area (Å²) in [6.07, 6.45) is 1.64. The van der Waals surface area contributed by atoms with Crippen molar-refractivity contribution in [3.63, 3.8) is 0 Å². The molecule has 0 saturated carbocycles. The molecule has 1 saturated heterocycles. The van der Waals surface area contributed by atoms with Crippen LogP contribution >= 0.6 is 0 Å². The molecule has 1 aromatic carbocycles. The van der Waals surface area contributed by atoms with E-state index in [0.29, 0.717) is 25.5 Å². The van der Waals surface area contributed by atoms with Crippen LogP contribution in [0.1, 0.15) is 17.0 Å². The van der Waals surface area contributed by atoms with Gasteiger partial charge in [0.25, 0.3) is 0 Å². The SMILES string of the molecule is O=C(CN1CCOCC1CC(=O)c1ccco1)Nc1ccccc1F. The molecule has 132 valence electrons. The lowest BCUT2D eigenvalue weighted by atomic mass is 10.1. The number of furan rings is 1. The van der Waals surface area contributed by atoms with Crippen LogP contribution in [-0.2, 0) is 9.53 Å². The lowest BCUT2D eigenvalue weighted by molar-refractivity contribution is -0.119. The molecule has 1 amide bonds. The average molecular weight is 346 g/mol. The number of ether oxygens (including phenoxy) is 1. The molecule has 2 aromatic rings. The van der Waals surface area contributed by atoms with Gasteiger partial charge in [0.15, 0.2) is 11.5 Å². The van der Waals surface area contributed by atoms with Gasteiger partial charge in [0, 0.05) is 19.0 Å². The largest absolute Gasteiger partial charge is 0.461 e. The first kappa shape index (κ1) is 17.3. The Morgan fingerprint density at radius 2 is 2.08 bits per heavy atom. The molecule has 0 aliphatic carbocycles. The van der Waals surface area contributed by atoms with Gasteiger partial charge in [-0.3, -0.25) is 14.5 Å². The maximum absolute atomic E-state index is 13.6. The highest BCUT2D eigenvalue weighted by molar-refractivity contribution is 5.94. The maximum atomic E-state index is 13.6. The third-order valence-electron chi connectivity index (χ3n) is 4.06. The first-order valence-electron chi connectivity index (χ1n) is 8.06. The van der Waals surface area contributed by atoms with E-state index in [-0.39, 0.29) is 36.4 Å². The quantitative estimate of drug-likeness (QED) is 0.813. The van der Waals surface area contributed by atoms with Gasteiger partial charge in [-0.05, 0) is 24.3 Å². The van der Waals surface area contributed by atoms with E-state index in [1.54, 1.807) is 24.3 Å². The first-order valence-corrected chi connectivity index (χ1v) is 8.06. The number of carbonyl (C=O) groups excluding carboxylic acids is 2. The summed E-state index contributed by atoms with van der Waals surface area (Å²) in [6, 6.07) is 9.05. The summed E-state index contributed by atoms with van der Waals surface area (Å²) in [6.45, 7) is 1.44. The highest BCUT2D eigenvalue weighted by Gasteiger charge is 2.28. The highest BCUT2D eigenvalue weighted by atomic mass is 19.1. The molecule has 0 spiro atoms. The number of anilines is 1. The Labute approximate surface area is 144 Å². The lowest BCUT2D eigenvalue weighted by Crippen LogP contribution is -2.49. The molecule has 7 heteroatoms. The maximum Gasteiger partial charge on any atom is 0.238 e. The van der Waals surface area contributed by atoms with E-state index in [2.05, 4.69) is 5.32 Å². The normalized spacial score (nSPS) is 18.0. The van der Waals surface area contributed by atoms with E-state index in [1.165, 1.54) is 18.4 Å². The second kappa shape index (κ2) is 8.04. The number of para-hydroxylation sites is 1. The van der Waals surface area contributed by atoms with E-state index >= 15 is 0 Å². The van der Waals surface area contributed by atoms with Gasteiger partial charge < -0.3 is 14.5 Å². The Hall–Kier alpha value is -2.51. The minimum atomic E-state index is -0.484. The summed E-state index contributed by atoms with van der Waals surface area (Å²) in [5.74, 6) is -0.661. The Bertz CT molecular complexity index is 732. The molecule has 25 heavy (non-hydrogen) atoms. The van der Waals surface area contributed by atoms with Gasteiger partial charge in [0.2, 0.25) is 5.91 Å². The molecule has 2 heterocycles. The van der Waals surface area contributed by atoms with Crippen LogP contribution in [0, 0.1) is 5.82 Å². The minimum absolute atomic E-state index is 0.0633. The fourth-order valence-corrected chi connectivity index (χ4v) is 2.77. The summed E-state index contributed by atoms with van der Waals surface area (Å²) in [5, 5.41) is 2.56. The van der Waals surface area contributed by atoms with Crippen molar-refractivity contribution < 1.29 is 23.1 Å². The molecule has 6 nitrogen and oxygen atoms in total. The van der Waals surface area contributed by atoms with Crippen molar-refractivity contribution in [1.82, 2.24) is 4.90 Å². The number of nitrogens with one attached hydrogen (secondary N) is 1. The van der Waals surface area contributed by atoms with Crippen molar-refractivity contribution in [2.24, 2.45) is 0 Å². The Morgan fingerprint density at radius 3 is 2.84 bits per heavy atom. The lowest BCUT2D eigenvalue weighted by Gasteiger charge is -2.34. The Kier molecular flexibility index (Phi) is 5.57. The smallest absolute Gasteiger partial charge is 0.238 e. The Balaban J connectivity index is 1.60. The summed E-state index contributed by atoms with van der Waals surface area (Å²) in [5.41, 5.74) is 0.143. The van der Waals surface area contributed by atoms with Crippen LogP contribution in [0.15, 0.2) is 47.1 Å². The number of amides is 1. The van der Waals surface area contributed by atoms with Crippen LogP contribution < -0.4 is 5.32 Å². The molecule has 0 radical (unpaired) electrons. The van der Waals surface area contributed by atoms with E-state index in [4.69, 9.17) is 9.15 Å². The van der Waals surface area contributed by atoms with E-state index < -0.39 is 5.82 Å². The van der Waals surface area contributed by atoms with Crippen molar-refractivity contribution in [1.29, 1.82) is 0 Å². The Morgan fingerprint density at radius 1 is 1.24 bits per heavy atom. The fraction of sp³-hybridized carbons (Fsp3) is 0.333. The predicted octanol–water partition coefficient (Wildman–Crippen LogP) is 2.33. The number of rotatable bonds is 6. The number of halogens is 1. The van der Waals surface area contributed by atoms with Crippen molar-refractivity contribution in [2.75, 3.05) is 31.6 Å². The van der Waals surface area contributed by atoms with Gasteiger partial charge in [0.1, 0.15) is 5.82 Å².